The SMILES string of the molecule is COCCOc1c(Cl)cccc1NC(=O)CSCc1cc(=O)n2ccsc2n1. The number of carbonyl (C=O) groups excluding carboxylic acids is 1. The van der Waals surface area contributed by atoms with Gasteiger partial charge in [0.25, 0.3) is 5.56 Å². The van der Waals surface area contributed by atoms with E-state index in [9.17, 15) is 9.59 Å². The van der Waals surface area contributed by atoms with Gasteiger partial charge in [-0.1, -0.05) is 17.7 Å². The van der Waals surface area contributed by atoms with Crippen molar-refractivity contribution in [1.82, 2.24) is 9.38 Å². The Kier molecular flexibility index (Phi) is 7.32. The molecule has 0 spiro atoms. The number of anilines is 1. The summed E-state index contributed by atoms with van der Waals surface area (Å²) >= 11 is 8.94. The van der Waals surface area contributed by atoms with Crippen LogP contribution in [0.4, 0.5) is 5.69 Å². The number of halogens is 1. The number of hydrogen-bond donors (Lipinski definition) is 1. The summed E-state index contributed by atoms with van der Waals surface area (Å²) in [6, 6.07) is 6.65. The molecule has 0 aliphatic carbocycles. The van der Waals surface area contributed by atoms with Crippen molar-refractivity contribution in [2.24, 2.45) is 0 Å². The van der Waals surface area contributed by atoms with Gasteiger partial charge in [-0.15, -0.1) is 23.1 Å². The highest BCUT2D eigenvalue weighted by atomic mass is 35.5. The molecule has 3 aromatic rings. The van der Waals surface area contributed by atoms with Gasteiger partial charge in [-0.05, 0) is 12.1 Å². The lowest BCUT2D eigenvalue weighted by Gasteiger charge is -2.13. The van der Waals surface area contributed by atoms with Gasteiger partial charge < -0.3 is 14.8 Å². The van der Waals surface area contributed by atoms with Gasteiger partial charge in [0.15, 0.2) is 10.7 Å². The number of thioether (sulfide) groups is 1. The topological polar surface area (TPSA) is 81.9 Å². The van der Waals surface area contributed by atoms with Crippen LogP contribution >= 0.6 is 34.7 Å². The Morgan fingerprint density at radius 3 is 3.07 bits per heavy atom. The van der Waals surface area contributed by atoms with Crippen molar-refractivity contribution in [3.05, 3.63) is 56.9 Å². The van der Waals surface area contributed by atoms with E-state index in [1.54, 1.807) is 31.5 Å². The molecule has 3 rings (SSSR count). The standard InChI is InChI=1S/C18H18ClN3O4S2/c1-25-6-7-26-17-13(19)3-2-4-14(17)21-15(23)11-27-10-12-9-16(24)22-5-8-28-18(22)20-12/h2-5,8-9H,6-7,10-11H2,1H3,(H,21,23). The number of hydrogen-bond acceptors (Lipinski definition) is 7. The Morgan fingerprint density at radius 1 is 1.39 bits per heavy atom. The first-order chi connectivity index (χ1) is 13.6. The minimum Gasteiger partial charge on any atom is -0.487 e. The molecule has 0 saturated carbocycles. The Morgan fingerprint density at radius 2 is 2.25 bits per heavy atom. The minimum absolute atomic E-state index is 0.122. The maximum Gasteiger partial charge on any atom is 0.258 e. The summed E-state index contributed by atoms with van der Waals surface area (Å²) < 4.78 is 12.1. The molecule has 1 amide bonds. The zero-order chi connectivity index (χ0) is 19.9. The molecule has 2 heterocycles. The second kappa shape index (κ2) is 9.92. The molecule has 148 valence electrons. The first-order valence-corrected chi connectivity index (χ1v) is 10.7. The highest BCUT2D eigenvalue weighted by Crippen LogP contribution is 2.33. The molecule has 10 heteroatoms. The van der Waals surface area contributed by atoms with Crippen LogP contribution in [0.2, 0.25) is 5.02 Å². The number of amides is 1. The smallest absolute Gasteiger partial charge is 0.258 e. The third-order valence-electron chi connectivity index (χ3n) is 3.61. The maximum absolute atomic E-state index is 12.3. The van der Waals surface area contributed by atoms with Gasteiger partial charge in [0, 0.05) is 30.5 Å². The molecule has 7 nitrogen and oxygen atoms in total. The maximum atomic E-state index is 12.3. The van der Waals surface area contributed by atoms with Crippen LogP contribution in [-0.4, -0.2) is 41.4 Å². The molecule has 0 saturated heterocycles. The van der Waals surface area contributed by atoms with E-state index < -0.39 is 0 Å². The van der Waals surface area contributed by atoms with Gasteiger partial charge in [0.05, 0.1) is 28.8 Å². The predicted molar refractivity (Wildman–Crippen MR) is 113 cm³/mol. The Labute approximate surface area is 174 Å². The van der Waals surface area contributed by atoms with Gasteiger partial charge in [0.1, 0.15) is 6.61 Å². The van der Waals surface area contributed by atoms with Crippen LogP contribution in [0.5, 0.6) is 5.75 Å². The van der Waals surface area contributed by atoms with Crippen LogP contribution in [0.1, 0.15) is 5.69 Å². The zero-order valence-corrected chi connectivity index (χ0v) is 17.4. The molecular formula is C18H18ClN3O4S2. The summed E-state index contributed by atoms with van der Waals surface area (Å²) in [4.78, 5) is 29.3. The highest BCUT2D eigenvalue weighted by molar-refractivity contribution is 7.99. The second-order valence-corrected chi connectivity index (χ2v) is 7.91. The van der Waals surface area contributed by atoms with Crippen LogP contribution in [0.15, 0.2) is 40.6 Å². The van der Waals surface area contributed by atoms with E-state index in [2.05, 4.69) is 10.3 Å². The summed E-state index contributed by atoms with van der Waals surface area (Å²) in [7, 11) is 1.58. The molecule has 0 fully saturated rings. The quantitative estimate of drug-likeness (QED) is 0.515. The van der Waals surface area contributed by atoms with Gasteiger partial charge in [-0.3, -0.25) is 14.0 Å². The second-order valence-electron chi connectivity index (χ2n) is 5.64. The van der Waals surface area contributed by atoms with Gasteiger partial charge in [-0.2, -0.15) is 0 Å². The fourth-order valence-corrected chi connectivity index (χ4v) is 4.06. The number of benzene rings is 1. The van der Waals surface area contributed by atoms with Crippen molar-refractivity contribution < 1.29 is 14.3 Å². The number of rotatable bonds is 9. The van der Waals surface area contributed by atoms with Crippen molar-refractivity contribution in [2.45, 2.75) is 5.75 Å². The molecule has 0 aliphatic rings. The van der Waals surface area contributed by atoms with Gasteiger partial charge in [0.2, 0.25) is 5.91 Å². The van der Waals surface area contributed by atoms with Crippen molar-refractivity contribution in [2.75, 3.05) is 31.4 Å². The molecule has 0 atom stereocenters. The molecule has 0 unspecified atom stereocenters. The molecule has 2 aromatic heterocycles. The largest absolute Gasteiger partial charge is 0.487 e. The Balaban J connectivity index is 1.57. The number of para-hydroxylation sites is 1. The van der Waals surface area contributed by atoms with Crippen LogP contribution in [0, 0.1) is 0 Å². The van der Waals surface area contributed by atoms with E-state index >= 15 is 0 Å². The number of nitrogens with one attached hydrogen (secondary N) is 1. The lowest BCUT2D eigenvalue weighted by molar-refractivity contribution is -0.113. The molecule has 1 N–H and O–H groups in total. The van der Waals surface area contributed by atoms with Crippen LogP contribution in [-0.2, 0) is 15.3 Å². The van der Waals surface area contributed by atoms with Gasteiger partial charge in [-0.25, -0.2) is 4.98 Å². The molecule has 1 aromatic carbocycles. The number of ether oxygens (including phenoxy) is 2. The van der Waals surface area contributed by atoms with Crippen molar-refractivity contribution >= 4 is 51.3 Å². The summed E-state index contributed by atoms with van der Waals surface area (Å²) in [5.41, 5.74) is 1.03. The lowest BCUT2D eigenvalue weighted by Crippen LogP contribution is -2.16. The van der Waals surface area contributed by atoms with Crippen molar-refractivity contribution in [3.63, 3.8) is 0 Å². The summed E-state index contributed by atoms with van der Waals surface area (Å²) in [6.45, 7) is 0.736. The fraction of sp³-hybridized carbons (Fsp3) is 0.278. The number of aromatic nitrogens is 2. The average molecular weight is 440 g/mol. The summed E-state index contributed by atoms with van der Waals surface area (Å²) in [6.07, 6.45) is 1.69. The summed E-state index contributed by atoms with van der Waals surface area (Å²) in [5.74, 6) is 0.884. The molecule has 0 radical (unpaired) electrons. The average Bonchev–Trinajstić information content (AvgIpc) is 3.13. The molecule has 0 aliphatic heterocycles. The number of methoxy groups -OCH3 is 1. The molecular weight excluding hydrogens is 422 g/mol. The lowest BCUT2D eigenvalue weighted by atomic mass is 10.3. The zero-order valence-electron chi connectivity index (χ0n) is 15.0. The number of carbonyl (C=O) groups is 1. The Bertz CT molecular complexity index is 1020. The van der Waals surface area contributed by atoms with Crippen LogP contribution < -0.4 is 15.6 Å². The number of nitrogens with zero attached hydrogens (tertiary/aromatic N) is 2. The highest BCUT2D eigenvalue weighted by Gasteiger charge is 2.12. The first-order valence-electron chi connectivity index (χ1n) is 8.32. The van der Waals surface area contributed by atoms with E-state index in [4.69, 9.17) is 21.1 Å². The molecule has 0 bridgehead atoms. The molecule has 28 heavy (non-hydrogen) atoms. The van der Waals surface area contributed by atoms with Crippen LogP contribution in [0.3, 0.4) is 0 Å². The van der Waals surface area contributed by atoms with E-state index in [0.717, 1.165) is 0 Å². The van der Waals surface area contributed by atoms with Crippen molar-refractivity contribution in [1.29, 1.82) is 0 Å². The normalized spacial score (nSPS) is 10.9. The number of thiazole rings is 1. The fourth-order valence-electron chi connectivity index (χ4n) is 2.38. The predicted octanol–water partition coefficient (Wildman–Crippen LogP) is 3.31. The van der Waals surface area contributed by atoms with E-state index in [-0.39, 0.29) is 17.2 Å². The summed E-state index contributed by atoms with van der Waals surface area (Å²) in [5, 5.41) is 5.03. The van der Waals surface area contributed by atoms with Crippen molar-refractivity contribution in [3.8, 4) is 5.75 Å². The Hall–Kier alpha value is -2.07. The van der Waals surface area contributed by atoms with E-state index in [1.807, 2.05) is 5.38 Å². The number of fused-ring (bicyclic) bond motifs is 1. The third kappa shape index (κ3) is 5.26. The third-order valence-corrected chi connectivity index (χ3v) is 5.63. The monoisotopic (exact) mass is 439 g/mol. The van der Waals surface area contributed by atoms with E-state index in [0.29, 0.717) is 46.1 Å². The van der Waals surface area contributed by atoms with Gasteiger partial charge >= 0.3 is 0 Å². The first kappa shape index (κ1) is 20.7. The van der Waals surface area contributed by atoms with E-state index in [1.165, 1.54) is 33.6 Å². The minimum atomic E-state index is -0.196. The van der Waals surface area contributed by atoms with Crippen LogP contribution in [0.25, 0.3) is 4.96 Å².